The lowest BCUT2D eigenvalue weighted by atomic mass is 10.2. The number of likely N-dealkylation sites (N-methyl/N-ethyl adjacent to an activating group) is 1. The number of amides is 6. The van der Waals surface area contributed by atoms with Crippen LogP contribution < -0.4 is 20.1 Å². The third kappa shape index (κ3) is 5.09. The Morgan fingerprint density at radius 3 is 2.37 bits per heavy atom. The summed E-state index contributed by atoms with van der Waals surface area (Å²) in [6.07, 6.45) is 0. The molecule has 0 aliphatic carbocycles. The van der Waals surface area contributed by atoms with E-state index in [4.69, 9.17) is 9.47 Å². The lowest BCUT2D eigenvalue weighted by Gasteiger charge is -2.15. The van der Waals surface area contributed by atoms with Gasteiger partial charge in [0, 0.05) is 18.8 Å². The van der Waals surface area contributed by atoms with Gasteiger partial charge in [0.15, 0.2) is 11.5 Å². The second-order valence-electron chi connectivity index (χ2n) is 5.65. The van der Waals surface area contributed by atoms with Crippen LogP contribution >= 0.6 is 0 Å². The monoisotopic (exact) mass is 378 g/mol. The van der Waals surface area contributed by atoms with E-state index in [1.807, 2.05) is 13.8 Å². The fraction of sp³-hybridized carbons (Fsp3) is 0.412. The maximum absolute atomic E-state index is 12.0. The molecule has 0 radical (unpaired) electrons. The van der Waals surface area contributed by atoms with Crippen molar-refractivity contribution < 1.29 is 28.7 Å². The van der Waals surface area contributed by atoms with Gasteiger partial charge >= 0.3 is 12.1 Å². The highest BCUT2D eigenvalue weighted by atomic mass is 16.5. The largest absolute Gasteiger partial charge is 0.490 e. The summed E-state index contributed by atoms with van der Waals surface area (Å²) in [7, 11) is 1.45. The minimum Gasteiger partial charge on any atom is -0.490 e. The van der Waals surface area contributed by atoms with Crippen molar-refractivity contribution in [3.05, 3.63) is 18.2 Å². The number of imide groups is 2. The molecule has 146 valence electrons. The highest BCUT2D eigenvalue weighted by Gasteiger charge is 2.35. The number of hydrogen-bond donors (Lipinski definition) is 2. The van der Waals surface area contributed by atoms with Gasteiger partial charge in [-0.05, 0) is 26.0 Å². The molecule has 0 unspecified atom stereocenters. The summed E-state index contributed by atoms with van der Waals surface area (Å²) in [6, 6.07) is 3.44. The maximum Gasteiger partial charge on any atom is 0.327 e. The molecule has 2 N–H and O–H groups in total. The Bertz CT molecular complexity index is 751. The maximum atomic E-state index is 12.0. The number of carbonyl (C=O) groups is 4. The van der Waals surface area contributed by atoms with Crippen LogP contribution in [0.2, 0.25) is 0 Å². The van der Waals surface area contributed by atoms with E-state index in [9.17, 15) is 19.2 Å². The van der Waals surface area contributed by atoms with Gasteiger partial charge in [0.2, 0.25) is 5.91 Å². The molecular weight excluding hydrogens is 356 g/mol. The Labute approximate surface area is 156 Å². The van der Waals surface area contributed by atoms with Gasteiger partial charge in [-0.1, -0.05) is 0 Å². The predicted octanol–water partition coefficient (Wildman–Crippen LogP) is 1.03. The number of urea groups is 2. The van der Waals surface area contributed by atoms with Crippen molar-refractivity contribution in [3.63, 3.8) is 0 Å². The molecule has 1 aromatic rings. The fourth-order valence-electron chi connectivity index (χ4n) is 2.43. The number of benzene rings is 1. The number of carbonyl (C=O) groups excluding carboxylic acids is 4. The summed E-state index contributed by atoms with van der Waals surface area (Å²) in [5, 5.41) is 4.57. The first-order valence-corrected chi connectivity index (χ1v) is 8.41. The van der Waals surface area contributed by atoms with Crippen molar-refractivity contribution in [1.29, 1.82) is 0 Å². The molecular formula is C17H22N4O6. The first kappa shape index (κ1) is 20.0. The van der Waals surface area contributed by atoms with Crippen LogP contribution in [0.4, 0.5) is 15.3 Å². The molecule has 10 nitrogen and oxygen atoms in total. The van der Waals surface area contributed by atoms with E-state index < -0.39 is 30.4 Å². The van der Waals surface area contributed by atoms with Crippen LogP contribution in [-0.4, -0.2) is 67.0 Å². The standard InChI is InChI=1S/C17H22N4O6/c1-4-26-12-7-6-11(8-13(12)27-5-2)18-16(24)19-14(22)9-21-15(23)10-20(3)17(21)25/h6-8H,4-5,9-10H2,1-3H3,(H2,18,19,22,24). The van der Waals surface area contributed by atoms with Crippen molar-refractivity contribution in [3.8, 4) is 11.5 Å². The number of ether oxygens (including phenoxy) is 2. The van der Waals surface area contributed by atoms with Crippen molar-refractivity contribution >= 4 is 29.6 Å². The average molecular weight is 378 g/mol. The van der Waals surface area contributed by atoms with Crippen LogP contribution in [0.3, 0.4) is 0 Å². The third-order valence-corrected chi connectivity index (χ3v) is 3.59. The second-order valence-corrected chi connectivity index (χ2v) is 5.65. The molecule has 1 aromatic carbocycles. The van der Waals surface area contributed by atoms with E-state index >= 15 is 0 Å². The molecule has 1 saturated heterocycles. The molecule has 10 heteroatoms. The molecule has 0 bridgehead atoms. The first-order valence-electron chi connectivity index (χ1n) is 8.41. The zero-order chi connectivity index (χ0) is 20.0. The van der Waals surface area contributed by atoms with Crippen LogP contribution in [0.15, 0.2) is 18.2 Å². The first-order chi connectivity index (χ1) is 12.8. The summed E-state index contributed by atoms with van der Waals surface area (Å²) in [4.78, 5) is 49.3. The van der Waals surface area contributed by atoms with Crippen LogP contribution in [0.5, 0.6) is 11.5 Å². The van der Waals surface area contributed by atoms with E-state index in [-0.39, 0.29) is 6.54 Å². The minimum atomic E-state index is -0.793. The Kier molecular flexibility index (Phi) is 6.58. The normalized spacial score (nSPS) is 13.6. The van der Waals surface area contributed by atoms with Crippen molar-refractivity contribution in [2.45, 2.75) is 13.8 Å². The highest BCUT2D eigenvalue weighted by molar-refractivity contribution is 6.07. The summed E-state index contributed by atoms with van der Waals surface area (Å²) in [5.74, 6) is -0.275. The SMILES string of the molecule is CCOc1ccc(NC(=O)NC(=O)CN2C(=O)CN(C)C2=O)cc1OCC. The number of rotatable bonds is 7. The van der Waals surface area contributed by atoms with Crippen molar-refractivity contribution in [1.82, 2.24) is 15.1 Å². The van der Waals surface area contributed by atoms with Crippen LogP contribution in [0.25, 0.3) is 0 Å². The molecule has 1 heterocycles. The Hall–Kier alpha value is -3.30. The summed E-state index contributed by atoms with van der Waals surface area (Å²) < 4.78 is 10.9. The molecule has 1 aliphatic heterocycles. The molecule has 1 aliphatic rings. The van der Waals surface area contributed by atoms with Crippen LogP contribution in [0, 0.1) is 0 Å². The quantitative estimate of drug-likeness (QED) is 0.684. The lowest BCUT2D eigenvalue weighted by molar-refractivity contribution is -0.130. The average Bonchev–Trinajstić information content (AvgIpc) is 2.83. The molecule has 0 saturated carbocycles. The van der Waals surface area contributed by atoms with Gasteiger partial charge in [0.25, 0.3) is 5.91 Å². The number of nitrogens with one attached hydrogen (secondary N) is 2. The predicted molar refractivity (Wildman–Crippen MR) is 95.7 cm³/mol. The van der Waals surface area contributed by atoms with Crippen LogP contribution in [0.1, 0.15) is 13.8 Å². The van der Waals surface area contributed by atoms with Crippen molar-refractivity contribution in [2.75, 3.05) is 38.7 Å². The Balaban J connectivity index is 1.95. The third-order valence-electron chi connectivity index (χ3n) is 3.59. The Morgan fingerprint density at radius 1 is 1.11 bits per heavy atom. The minimum absolute atomic E-state index is 0.0926. The zero-order valence-electron chi connectivity index (χ0n) is 15.4. The number of anilines is 1. The van der Waals surface area contributed by atoms with E-state index in [0.717, 1.165) is 4.90 Å². The van der Waals surface area contributed by atoms with Gasteiger partial charge in [-0.25, -0.2) is 9.59 Å². The van der Waals surface area contributed by atoms with Crippen molar-refractivity contribution in [2.24, 2.45) is 0 Å². The van der Waals surface area contributed by atoms with E-state index in [0.29, 0.717) is 30.4 Å². The molecule has 0 aromatic heterocycles. The molecule has 6 amide bonds. The van der Waals surface area contributed by atoms with Gasteiger partial charge in [0.1, 0.15) is 13.1 Å². The van der Waals surface area contributed by atoms with E-state index in [2.05, 4.69) is 10.6 Å². The van der Waals surface area contributed by atoms with Gasteiger partial charge < -0.3 is 19.7 Å². The van der Waals surface area contributed by atoms with Gasteiger partial charge in [-0.3, -0.25) is 19.8 Å². The molecule has 27 heavy (non-hydrogen) atoms. The highest BCUT2D eigenvalue weighted by Crippen LogP contribution is 2.30. The smallest absolute Gasteiger partial charge is 0.327 e. The molecule has 1 fully saturated rings. The molecule has 0 atom stereocenters. The van der Waals surface area contributed by atoms with E-state index in [1.165, 1.54) is 11.9 Å². The Morgan fingerprint density at radius 2 is 1.78 bits per heavy atom. The van der Waals surface area contributed by atoms with Gasteiger partial charge in [-0.2, -0.15) is 0 Å². The number of hydrogen-bond acceptors (Lipinski definition) is 6. The van der Waals surface area contributed by atoms with Gasteiger partial charge in [0.05, 0.1) is 13.2 Å². The van der Waals surface area contributed by atoms with Gasteiger partial charge in [-0.15, -0.1) is 0 Å². The lowest BCUT2D eigenvalue weighted by Crippen LogP contribution is -2.44. The zero-order valence-corrected chi connectivity index (χ0v) is 15.4. The molecule has 2 rings (SSSR count). The second kappa shape index (κ2) is 8.88. The summed E-state index contributed by atoms with van der Waals surface area (Å²) >= 11 is 0. The van der Waals surface area contributed by atoms with Crippen LogP contribution in [-0.2, 0) is 9.59 Å². The topological polar surface area (TPSA) is 117 Å². The summed E-state index contributed by atoms with van der Waals surface area (Å²) in [5.41, 5.74) is 0.389. The number of nitrogens with zero attached hydrogens (tertiary/aromatic N) is 2. The fourth-order valence-corrected chi connectivity index (χ4v) is 2.43. The summed E-state index contributed by atoms with van der Waals surface area (Å²) in [6.45, 7) is 3.92. The molecule has 0 spiro atoms. The van der Waals surface area contributed by atoms with E-state index in [1.54, 1.807) is 18.2 Å².